The summed E-state index contributed by atoms with van der Waals surface area (Å²) >= 11 is 0. The van der Waals surface area contributed by atoms with Crippen molar-refractivity contribution in [2.45, 2.75) is 6.61 Å². The maximum Gasteiger partial charge on any atom is 0.387 e. The highest BCUT2D eigenvalue weighted by molar-refractivity contribution is 6.07. The summed E-state index contributed by atoms with van der Waals surface area (Å²) in [6.45, 7) is -2.95. The number of hydrogen-bond acceptors (Lipinski definition) is 4. The second-order valence-corrected chi connectivity index (χ2v) is 4.50. The van der Waals surface area contributed by atoms with Gasteiger partial charge in [-0.05, 0) is 30.4 Å². The van der Waals surface area contributed by atoms with Gasteiger partial charge in [0.1, 0.15) is 5.75 Å². The predicted molar refractivity (Wildman–Crippen MR) is 81.1 cm³/mol. The van der Waals surface area contributed by atoms with Gasteiger partial charge in [-0.3, -0.25) is 4.79 Å². The predicted octanol–water partition coefficient (Wildman–Crippen LogP) is 3.90. The van der Waals surface area contributed by atoms with E-state index in [4.69, 9.17) is 4.74 Å². The van der Waals surface area contributed by atoms with Crippen LogP contribution >= 0.6 is 0 Å². The number of rotatable bonds is 6. The van der Waals surface area contributed by atoms with Crippen molar-refractivity contribution >= 4 is 11.9 Å². The number of carbonyl (C=O) groups excluding carboxylic acids is 1. The third-order valence-corrected chi connectivity index (χ3v) is 3.01. The number of hydrogen-bond donors (Lipinski definition) is 1. The molecule has 0 spiro atoms. The topological polar surface area (TPSA) is 55.8 Å². The Bertz CT molecular complexity index is 726. The van der Waals surface area contributed by atoms with Gasteiger partial charge in [-0.1, -0.05) is 24.3 Å². The van der Waals surface area contributed by atoms with Gasteiger partial charge in [0.2, 0.25) is 0 Å². The number of aromatic hydroxyl groups is 1. The number of benzene rings is 2. The van der Waals surface area contributed by atoms with Crippen LogP contribution in [0.4, 0.5) is 8.78 Å². The first-order valence-electron chi connectivity index (χ1n) is 6.64. The molecular formula is C17H14F2O4. The van der Waals surface area contributed by atoms with Crippen molar-refractivity contribution in [2.75, 3.05) is 7.11 Å². The Morgan fingerprint density at radius 1 is 1.22 bits per heavy atom. The van der Waals surface area contributed by atoms with Gasteiger partial charge >= 0.3 is 6.61 Å². The van der Waals surface area contributed by atoms with Crippen molar-refractivity contribution in [3.05, 3.63) is 59.7 Å². The molecule has 0 bridgehead atoms. The number of carbonyl (C=O) groups is 1. The van der Waals surface area contributed by atoms with E-state index in [9.17, 15) is 18.7 Å². The van der Waals surface area contributed by atoms with E-state index in [1.165, 1.54) is 43.5 Å². The van der Waals surface area contributed by atoms with Gasteiger partial charge in [0.25, 0.3) is 0 Å². The molecule has 0 aromatic heterocycles. The van der Waals surface area contributed by atoms with E-state index in [1.54, 1.807) is 18.2 Å². The van der Waals surface area contributed by atoms with Gasteiger partial charge in [-0.2, -0.15) is 8.78 Å². The van der Waals surface area contributed by atoms with Gasteiger partial charge in [0, 0.05) is 11.1 Å². The number of phenolic OH excluding ortho intramolecular Hbond substituents is 1. The molecular weight excluding hydrogens is 306 g/mol. The summed E-state index contributed by atoms with van der Waals surface area (Å²) in [5.41, 5.74) is 0.597. The Hall–Kier alpha value is -2.89. The highest BCUT2D eigenvalue weighted by atomic mass is 19.3. The molecule has 0 aliphatic carbocycles. The largest absolute Gasteiger partial charge is 0.504 e. The van der Waals surface area contributed by atoms with Crippen molar-refractivity contribution < 1.29 is 28.2 Å². The van der Waals surface area contributed by atoms with Crippen LogP contribution in [0.2, 0.25) is 0 Å². The summed E-state index contributed by atoms with van der Waals surface area (Å²) in [5, 5.41) is 9.92. The molecule has 0 unspecified atom stereocenters. The Balaban J connectivity index is 2.19. The van der Waals surface area contributed by atoms with Crippen LogP contribution < -0.4 is 9.47 Å². The molecule has 0 amide bonds. The Kier molecular flexibility index (Phi) is 5.30. The lowest BCUT2D eigenvalue weighted by Crippen LogP contribution is -2.03. The van der Waals surface area contributed by atoms with Crippen molar-refractivity contribution in [3.8, 4) is 17.2 Å². The maximum atomic E-state index is 12.2. The first-order chi connectivity index (χ1) is 11.0. The normalized spacial score (nSPS) is 11.0. The van der Waals surface area contributed by atoms with Gasteiger partial charge < -0.3 is 14.6 Å². The molecule has 2 aromatic carbocycles. The van der Waals surface area contributed by atoms with E-state index < -0.39 is 12.4 Å². The van der Waals surface area contributed by atoms with Gasteiger partial charge in [0.05, 0.1) is 7.11 Å². The molecule has 0 fully saturated rings. The van der Waals surface area contributed by atoms with E-state index in [0.29, 0.717) is 5.56 Å². The van der Waals surface area contributed by atoms with E-state index in [2.05, 4.69) is 4.74 Å². The minimum Gasteiger partial charge on any atom is -0.504 e. The number of halogens is 2. The number of methoxy groups -OCH3 is 1. The number of ether oxygens (including phenoxy) is 2. The maximum absolute atomic E-state index is 12.2. The SMILES string of the molecule is COc1cccc(/C=C/C(=O)c2cccc(OC(F)F)c2)c1O. The van der Waals surface area contributed by atoms with Gasteiger partial charge in [0.15, 0.2) is 17.3 Å². The third-order valence-electron chi connectivity index (χ3n) is 3.01. The summed E-state index contributed by atoms with van der Waals surface area (Å²) < 4.78 is 33.6. The molecule has 120 valence electrons. The molecule has 0 aliphatic heterocycles. The summed E-state index contributed by atoms with van der Waals surface area (Å²) in [7, 11) is 1.42. The Morgan fingerprint density at radius 2 is 1.96 bits per heavy atom. The molecule has 0 radical (unpaired) electrons. The van der Waals surface area contributed by atoms with Crippen LogP contribution in [0.5, 0.6) is 17.2 Å². The summed E-state index contributed by atoms with van der Waals surface area (Å²) in [5.74, 6) is -0.309. The molecule has 4 nitrogen and oxygen atoms in total. The van der Waals surface area contributed by atoms with Crippen molar-refractivity contribution in [1.82, 2.24) is 0 Å². The number of ketones is 1. The lowest BCUT2D eigenvalue weighted by molar-refractivity contribution is -0.0498. The molecule has 2 rings (SSSR count). The number of phenols is 1. The van der Waals surface area contributed by atoms with E-state index in [-0.39, 0.29) is 22.8 Å². The number of alkyl halides is 2. The second kappa shape index (κ2) is 7.40. The highest BCUT2D eigenvalue weighted by Gasteiger charge is 2.09. The van der Waals surface area contributed by atoms with E-state index in [1.807, 2.05) is 0 Å². The molecule has 23 heavy (non-hydrogen) atoms. The van der Waals surface area contributed by atoms with Crippen LogP contribution in [0, 0.1) is 0 Å². The first-order valence-corrected chi connectivity index (χ1v) is 6.64. The van der Waals surface area contributed by atoms with Crippen LogP contribution in [0.1, 0.15) is 15.9 Å². The molecule has 6 heteroatoms. The molecule has 2 aromatic rings. The average molecular weight is 320 g/mol. The summed E-state index contributed by atoms with van der Waals surface area (Å²) in [6, 6.07) is 10.3. The van der Waals surface area contributed by atoms with Gasteiger partial charge in [-0.15, -0.1) is 0 Å². The average Bonchev–Trinajstić information content (AvgIpc) is 2.53. The first kappa shape index (κ1) is 16.5. The zero-order valence-electron chi connectivity index (χ0n) is 12.2. The highest BCUT2D eigenvalue weighted by Crippen LogP contribution is 2.30. The fourth-order valence-electron chi connectivity index (χ4n) is 1.93. The quantitative estimate of drug-likeness (QED) is 0.648. The van der Waals surface area contributed by atoms with Crippen LogP contribution in [0.15, 0.2) is 48.5 Å². The number of allylic oxidation sites excluding steroid dienone is 1. The third kappa shape index (κ3) is 4.29. The minimum atomic E-state index is -2.95. The summed E-state index contributed by atoms with van der Waals surface area (Å²) in [6.07, 6.45) is 2.65. The second-order valence-electron chi connectivity index (χ2n) is 4.50. The molecule has 0 atom stereocenters. The van der Waals surface area contributed by atoms with Gasteiger partial charge in [-0.25, -0.2) is 0 Å². The van der Waals surface area contributed by atoms with E-state index in [0.717, 1.165) is 0 Å². The summed E-state index contributed by atoms with van der Waals surface area (Å²) in [4.78, 5) is 12.1. The monoisotopic (exact) mass is 320 g/mol. The fourth-order valence-corrected chi connectivity index (χ4v) is 1.93. The lowest BCUT2D eigenvalue weighted by atomic mass is 10.1. The number of para-hydroxylation sites is 1. The Morgan fingerprint density at radius 3 is 2.65 bits per heavy atom. The van der Waals surface area contributed by atoms with E-state index >= 15 is 0 Å². The van der Waals surface area contributed by atoms with Crippen molar-refractivity contribution in [2.24, 2.45) is 0 Å². The smallest absolute Gasteiger partial charge is 0.387 e. The van der Waals surface area contributed by atoms with Crippen LogP contribution in [0.25, 0.3) is 6.08 Å². The van der Waals surface area contributed by atoms with Crippen LogP contribution in [-0.4, -0.2) is 24.6 Å². The molecule has 0 aliphatic rings. The van der Waals surface area contributed by atoms with Crippen LogP contribution in [-0.2, 0) is 0 Å². The standard InChI is InChI=1S/C17H14F2O4/c1-22-15-7-3-4-11(16(15)21)8-9-14(20)12-5-2-6-13(10-12)23-17(18)19/h2-10,17,21H,1H3/b9-8+. The Labute approximate surface area is 131 Å². The van der Waals surface area contributed by atoms with Crippen molar-refractivity contribution in [1.29, 1.82) is 0 Å². The zero-order valence-corrected chi connectivity index (χ0v) is 12.2. The molecule has 0 heterocycles. The molecule has 0 saturated heterocycles. The molecule has 0 saturated carbocycles. The zero-order chi connectivity index (χ0) is 16.8. The molecule has 1 N–H and O–H groups in total. The fraction of sp³-hybridized carbons (Fsp3) is 0.118. The minimum absolute atomic E-state index is 0.0890. The van der Waals surface area contributed by atoms with Crippen molar-refractivity contribution in [3.63, 3.8) is 0 Å². The lowest BCUT2D eigenvalue weighted by Gasteiger charge is -2.06. The van der Waals surface area contributed by atoms with Crippen LogP contribution in [0.3, 0.4) is 0 Å².